The minimum atomic E-state index is -0.104. The Balaban J connectivity index is 1.39. The Morgan fingerprint density at radius 1 is 1.03 bits per heavy atom. The fourth-order valence-electron chi connectivity index (χ4n) is 4.93. The molecule has 0 radical (unpaired) electrons. The second-order valence-corrected chi connectivity index (χ2v) is 9.13. The van der Waals surface area contributed by atoms with Crippen LogP contribution in [0.25, 0.3) is 11.8 Å². The minimum absolute atomic E-state index is 0.0357. The highest BCUT2D eigenvalue weighted by molar-refractivity contribution is 5.92. The van der Waals surface area contributed by atoms with E-state index in [-0.39, 0.29) is 17.7 Å². The van der Waals surface area contributed by atoms with Gasteiger partial charge in [-0.3, -0.25) is 9.59 Å². The average Bonchev–Trinajstić information content (AvgIpc) is 3.12. The predicted molar refractivity (Wildman–Crippen MR) is 126 cm³/mol. The van der Waals surface area contributed by atoms with Crippen molar-refractivity contribution in [2.45, 2.75) is 64.8 Å². The van der Waals surface area contributed by atoms with Gasteiger partial charge in [-0.25, -0.2) is 4.68 Å². The van der Waals surface area contributed by atoms with Crippen molar-refractivity contribution in [3.63, 3.8) is 0 Å². The van der Waals surface area contributed by atoms with Crippen LogP contribution in [0.3, 0.4) is 0 Å². The number of rotatable bonds is 5. The molecule has 2 fully saturated rings. The van der Waals surface area contributed by atoms with Gasteiger partial charge < -0.3 is 10.2 Å². The predicted octanol–water partition coefficient (Wildman–Crippen LogP) is 4.19. The van der Waals surface area contributed by atoms with E-state index in [0.717, 1.165) is 48.3 Å². The molecule has 1 aliphatic carbocycles. The van der Waals surface area contributed by atoms with Gasteiger partial charge in [0.2, 0.25) is 11.8 Å². The molecule has 2 heterocycles. The third kappa shape index (κ3) is 5.12. The lowest BCUT2D eigenvalue weighted by molar-refractivity contribution is -0.132. The molecule has 0 spiro atoms. The number of carbonyl (C=O) groups excluding carboxylic acids is 2. The van der Waals surface area contributed by atoms with Crippen molar-refractivity contribution in [2.24, 2.45) is 5.92 Å². The summed E-state index contributed by atoms with van der Waals surface area (Å²) in [5.41, 5.74) is 3.85. The van der Waals surface area contributed by atoms with E-state index in [0.29, 0.717) is 19.1 Å². The largest absolute Gasteiger partial charge is 0.353 e. The molecule has 1 N–H and O–H groups in total. The fourth-order valence-corrected chi connectivity index (χ4v) is 4.93. The van der Waals surface area contributed by atoms with Crippen molar-refractivity contribution in [3.8, 4) is 5.69 Å². The van der Waals surface area contributed by atoms with Gasteiger partial charge in [-0.2, -0.15) is 5.10 Å². The van der Waals surface area contributed by atoms with Crippen molar-refractivity contribution in [2.75, 3.05) is 13.1 Å². The number of para-hydroxylation sites is 1. The molecule has 1 saturated heterocycles. The van der Waals surface area contributed by atoms with Gasteiger partial charge in [-0.1, -0.05) is 37.5 Å². The fraction of sp³-hybridized carbons (Fsp3) is 0.500. The lowest BCUT2D eigenvalue weighted by Gasteiger charge is -2.33. The van der Waals surface area contributed by atoms with Crippen LogP contribution in [0, 0.1) is 19.8 Å². The van der Waals surface area contributed by atoms with Crippen LogP contribution in [0.5, 0.6) is 0 Å². The number of carbonyl (C=O) groups is 2. The molecule has 6 nitrogen and oxygen atoms in total. The smallest absolute Gasteiger partial charge is 0.246 e. The summed E-state index contributed by atoms with van der Waals surface area (Å²) in [5.74, 6) is -0.0204. The average molecular weight is 435 g/mol. The first kappa shape index (κ1) is 22.3. The van der Waals surface area contributed by atoms with Crippen molar-refractivity contribution in [1.29, 1.82) is 0 Å². The Kier molecular flexibility index (Phi) is 7.08. The van der Waals surface area contributed by atoms with Crippen LogP contribution < -0.4 is 5.32 Å². The van der Waals surface area contributed by atoms with Gasteiger partial charge in [-0.15, -0.1) is 0 Å². The first-order valence-electron chi connectivity index (χ1n) is 11.9. The van der Waals surface area contributed by atoms with E-state index >= 15 is 0 Å². The number of piperidine rings is 1. The van der Waals surface area contributed by atoms with Gasteiger partial charge in [0.1, 0.15) is 0 Å². The number of aryl methyl sites for hydroxylation is 1. The quantitative estimate of drug-likeness (QED) is 0.718. The Bertz CT molecular complexity index is 973. The summed E-state index contributed by atoms with van der Waals surface area (Å²) in [6.45, 7) is 5.19. The van der Waals surface area contributed by atoms with Crippen molar-refractivity contribution < 1.29 is 9.59 Å². The third-order valence-corrected chi connectivity index (χ3v) is 6.80. The Labute approximate surface area is 190 Å². The van der Waals surface area contributed by atoms with E-state index in [1.165, 1.54) is 19.3 Å². The monoisotopic (exact) mass is 434 g/mol. The summed E-state index contributed by atoms with van der Waals surface area (Å²) in [7, 11) is 0. The Morgan fingerprint density at radius 2 is 1.78 bits per heavy atom. The summed E-state index contributed by atoms with van der Waals surface area (Å²) in [6.07, 6.45) is 11.1. The van der Waals surface area contributed by atoms with E-state index < -0.39 is 0 Å². The van der Waals surface area contributed by atoms with Gasteiger partial charge in [0.15, 0.2) is 0 Å². The summed E-state index contributed by atoms with van der Waals surface area (Å²) in [5, 5.41) is 7.88. The number of nitrogens with one attached hydrogen (secondary N) is 1. The lowest BCUT2D eigenvalue weighted by Crippen LogP contribution is -2.47. The first-order valence-corrected chi connectivity index (χ1v) is 11.9. The molecule has 1 atom stereocenters. The molecule has 170 valence electrons. The number of hydrogen-bond acceptors (Lipinski definition) is 3. The maximum Gasteiger partial charge on any atom is 0.246 e. The van der Waals surface area contributed by atoms with Crippen molar-refractivity contribution in [3.05, 3.63) is 53.4 Å². The molecule has 4 rings (SSSR count). The topological polar surface area (TPSA) is 67.2 Å². The van der Waals surface area contributed by atoms with Crippen LogP contribution in [0.4, 0.5) is 0 Å². The highest BCUT2D eigenvalue weighted by atomic mass is 16.2. The summed E-state index contributed by atoms with van der Waals surface area (Å²) >= 11 is 0. The van der Waals surface area contributed by atoms with E-state index in [2.05, 4.69) is 10.4 Å². The minimum Gasteiger partial charge on any atom is -0.353 e. The highest BCUT2D eigenvalue weighted by Gasteiger charge is 2.29. The molecule has 2 aliphatic rings. The van der Waals surface area contributed by atoms with Crippen LogP contribution in [0.2, 0.25) is 0 Å². The standard InChI is InChI=1S/C26H34N4O2/c1-19-24(20(2)30(28-19)23-13-7-4-8-14-23)15-16-25(31)29-17-9-10-21(18-29)26(32)27-22-11-5-3-6-12-22/h4,7-8,13-16,21-22H,3,5-6,9-12,17-18H2,1-2H3,(H,27,32)/b16-15+. The van der Waals surface area contributed by atoms with E-state index in [4.69, 9.17) is 0 Å². The molecule has 1 aromatic carbocycles. The maximum absolute atomic E-state index is 12.9. The number of likely N-dealkylation sites (tertiary alicyclic amines) is 1. The molecule has 2 aromatic rings. The lowest BCUT2D eigenvalue weighted by atomic mass is 9.93. The molecule has 1 unspecified atom stereocenters. The van der Waals surface area contributed by atoms with Crippen LogP contribution in [-0.2, 0) is 9.59 Å². The molecule has 1 aromatic heterocycles. The first-order chi connectivity index (χ1) is 15.5. The molecular weight excluding hydrogens is 400 g/mol. The number of benzene rings is 1. The molecule has 6 heteroatoms. The van der Waals surface area contributed by atoms with Gasteiger partial charge in [0, 0.05) is 36.5 Å². The van der Waals surface area contributed by atoms with Crippen LogP contribution in [-0.4, -0.2) is 45.6 Å². The normalized spacial score (nSPS) is 19.9. The van der Waals surface area contributed by atoms with E-state index in [1.807, 2.05) is 59.8 Å². The molecule has 2 amide bonds. The van der Waals surface area contributed by atoms with Crippen molar-refractivity contribution >= 4 is 17.9 Å². The van der Waals surface area contributed by atoms with Crippen LogP contribution in [0.1, 0.15) is 61.9 Å². The van der Waals surface area contributed by atoms with Gasteiger partial charge in [0.25, 0.3) is 0 Å². The van der Waals surface area contributed by atoms with Gasteiger partial charge >= 0.3 is 0 Å². The third-order valence-electron chi connectivity index (χ3n) is 6.80. The van der Waals surface area contributed by atoms with Gasteiger partial charge in [-0.05, 0) is 57.7 Å². The molecule has 1 saturated carbocycles. The SMILES string of the molecule is Cc1nn(-c2ccccc2)c(C)c1/C=C/C(=O)N1CCCC(C(=O)NC2CCCCC2)C1. The van der Waals surface area contributed by atoms with Crippen molar-refractivity contribution in [1.82, 2.24) is 20.0 Å². The molecular formula is C26H34N4O2. The molecule has 32 heavy (non-hydrogen) atoms. The zero-order valence-electron chi connectivity index (χ0n) is 19.2. The zero-order valence-corrected chi connectivity index (χ0v) is 19.2. The second-order valence-electron chi connectivity index (χ2n) is 9.13. The van der Waals surface area contributed by atoms with E-state index in [1.54, 1.807) is 6.08 Å². The number of aromatic nitrogens is 2. The second kappa shape index (κ2) is 10.2. The highest BCUT2D eigenvalue weighted by Crippen LogP contribution is 2.22. The maximum atomic E-state index is 12.9. The van der Waals surface area contributed by atoms with E-state index in [9.17, 15) is 9.59 Å². The number of hydrogen-bond donors (Lipinski definition) is 1. The van der Waals surface area contributed by atoms with Crippen LogP contribution >= 0.6 is 0 Å². The summed E-state index contributed by atoms with van der Waals surface area (Å²) in [6, 6.07) is 10.3. The van der Waals surface area contributed by atoms with Crippen LogP contribution in [0.15, 0.2) is 36.4 Å². The summed E-state index contributed by atoms with van der Waals surface area (Å²) in [4.78, 5) is 27.5. The summed E-state index contributed by atoms with van der Waals surface area (Å²) < 4.78 is 1.91. The number of amides is 2. The van der Waals surface area contributed by atoms with Gasteiger partial charge in [0.05, 0.1) is 17.3 Å². The molecule has 1 aliphatic heterocycles. The number of nitrogens with zero attached hydrogens (tertiary/aromatic N) is 3. The Hall–Kier alpha value is -2.89. The molecule has 0 bridgehead atoms. The Morgan fingerprint density at radius 3 is 2.53 bits per heavy atom. The zero-order chi connectivity index (χ0) is 22.5.